The van der Waals surface area contributed by atoms with E-state index in [9.17, 15) is 9.59 Å². The van der Waals surface area contributed by atoms with Gasteiger partial charge in [-0.1, -0.05) is 18.2 Å². The van der Waals surface area contributed by atoms with Crippen molar-refractivity contribution >= 4 is 36.6 Å². The Balaban J connectivity index is 0.00000150. The summed E-state index contributed by atoms with van der Waals surface area (Å²) in [5, 5.41) is 6.38. The van der Waals surface area contributed by atoms with Crippen molar-refractivity contribution in [3.05, 3.63) is 65.0 Å². The Kier molecular flexibility index (Phi) is 8.44. The van der Waals surface area contributed by atoms with E-state index in [1.165, 1.54) is 11.1 Å². The first-order chi connectivity index (χ1) is 13.2. The number of fused-ring (bicyclic) bond motifs is 1. The van der Waals surface area contributed by atoms with E-state index in [2.05, 4.69) is 33.8 Å². The van der Waals surface area contributed by atoms with Crippen LogP contribution in [0.5, 0.6) is 0 Å². The molecule has 1 aromatic carbocycles. The van der Waals surface area contributed by atoms with Gasteiger partial charge < -0.3 is 15.5 Å². The summed E-state index contributed by atoms with van der Waals surface area (Å²) in [4.78, 5) is 31.0. The molecule has 0 aliphatic carbocycles. The Hall–Kier alpha value is -2.15. The molecule has 0 saturated carbocycles. The highest BCUT2D eigenvalue weighted by molar-refractivity contribution is 5.94. The van der Waals surface area contributed by atoms with Gasteiger partial charge in [-0.05, 0) is 41.7 Å². The van der Waals surface area contributed by atoms with Crippen molar-refractivity contribution in [2.24, 2.45) is 5.92 Å². The summed E-state index contributed by atoms with van der Waals surface area (Å²) in [6.45, 7) is 3.52. The number of hydrogen-bond donors (Lipinski definition) is 2. The number of carbonyl (C=O) groups is 2. The van der Waals surface area contributed by atoms with E-state index >= 15 is 0 Å². The van der Waals surface area contributed by atoms with Gasteiger partial charge in [0.2, 0.25) is 5.91 Å². The molecule has 2 N–H and O–H groups in total. The van der Waals surface area contributed by atoms with Crippen molar-refractivity contribution in [3.8, 4) is 0 Å². The molecule has 4 rings (SSSR count). The van der Waals surface area contributed by atoms with Gasteiger partial charge in [-0.25, -0.2) is 0 Å². The Morgan fingerprint density at radius 1 is 1.10 bits per heavy atom. The second-order valence-corrected chi connectivity index (χ2v) is 7.25. The van der Waals surface area contributed by atoms with E-state index < -0.39 is 0 Å². The second kappa shape index (κ2) is 10.6. The largest absolute Gasteiger partial charge is 0.352 e. The van der Waals surface area contributed by atoms with Crippen LogP contribution in [-0.4, -0.2) is 34.8 Å². The molecule has 1 atom stereocenters. The molecule has 1 saturated heterocycles. The minimum Gasteiger partial charge on any atom is -0.352 e. The third kappa shape index (κ3) is 5.47. The maximum atomic E-state index is 12.6. The van der Waals surface area contributed by atoms with Gasteiger partial charge in [0, 0.05) is 50.7 Å². The molecule has 1 unspecified atom stereocenters. The number of rotatable bonds is 4. The summed E-state index contributed by atoms with van der Waals surface area (Å²) < 4.78 is 0. The number of pyridine rings is 1. The quantitative estimate of drug-likeness (QED) is 0.772. The Labute approximate surface area is 183 Å². The van der Waals surface area contributed by atoms with E-state index in [-0.39, 0.29) is 42.5 Å². The van der Waals surface area contributed by atoms with Crippen molar-refractivity contribution < 1.29 is 9.59 Å². The highest BCUT2D eigenvalue weighted by Gasteiger charge is 2.28. The molecule has 2 aromatic rings. The summed E-state index contributed by atoms with van der Waals surface area (Å²) >= 11 is 0. The highest BCUT2D eigenvalue weighted by Crippen LogP contribution is 2.20. The lowest BCUT2D eigenvalue weighted by Gasteiger charge is -2.32. The fraction of sp³-hybridized carbons (Fsp3) is 0.381. The number of likely N-dealkylation sites (tertiary alicyclic amines) is 1. The predicted octanol–water partition coefficient (Wildman–Crippen LogP) is 2.70. The Bertz CT molecular complexity index is 848. The zero-order valence-electron chi connectivity index (χ0n) is 16.1. The van der Waals surface area contributed by atoms with Crippen LogP contribution in [0.4, 0.5) is 0 Å². The lowest BCUT2D eigenvalue weighted by Crippen LogP contribution is -2.45. The lowest BCUT2D eigenvalue weighted by atomic mass is 9.96. The van der Waals surface area contributed by atoms with E-state index in [1.54, 1.807) is 29.4 Å². The Morgan fingerprint density at radius 2 is 1.86 bits per heavy atom. The number of halogens is 2. The predicted molar refractivity (Wildman–Crippen MR) is 116 cm³/mol. The third-order valence-corrected chi connectivity index (χ3v) is 5.37. The molecular weight excluding hydrogens is 411 g/mol. The molecule has 0 bridgehead atoms. The number of aromatic nitrogens is 1. The average molecular weight is 437 g/mol. The molecule has 0 spiro atoms. The van der Waals surface area contributed by atoms with Crippen LogP contribution < -0.4 is 10.6 Å². The molecule has 29 heavy (non-hydrogen) atoms. The molecule has 1 fully saturated rings. The topological polar surface area (TPSA) is 74.3 Å². The van der Waals surface area contributed by atoms with E-state index in [0.29, 0.717) is 25.2 Å². The van der Waals surface area contributed by atoms with Crippen LogP contribution >= 0.6 is 24.8 Å². The van der Waals surface area contributed by atoms with Crippen LogP contribution in [0, 0.1) is 5.92 Å². The molecule has 0 radical (unpaired) electrons. The summed E-state index contributed by atoms with van der Waals surface area (Å²) in [5.74, 6) is -0.150. The van der Waals surface area contributed by atoms with E-state index in [0.717, 1.165) is 31.5 Å². The molecule has 8 heteroatoms. The number of nitrogens with zero attached hydrogens (tertiary/aromatic N) is 2. The Morgan fingerprint density at radius 3 is 2.66 bits per heavy atom. The maximum absolute atomic E-state index is 12.6. The first-order valence-corrected chi connectivity index (χ1v) is 9.49. The van der Waals surface area contributed by atoms with Crippen LogP contribution in [0.1, 0.15) is 39.9 Å². The van der Waals surface area contributed by atoms with Gasteiger partial charge in [0.15, 0.2) is 0 Å². The van der Waals surface area contributed by atoms with Gasteiger partial charge in [-0.3, -0.25) is 14.6 Å². The van der Waals surface area contributed by atoms with Gasteiger partial charge in [-0.2, -0.15) is 0 Å². The monoisotopic (exact) mass is 436 g/mol. The number of benzene rings is 1. The summed E-state index contributed by atoms with van der Waals surface area (Å²) in [6, 6.07) is 9.80. The van der Waals surface area contributed by atoms with E-state index in [1.807, 2.05) is 0 Å². The van der Waals surface area contributed by atoms with Gasteiger partial charge >= 0.3 is 0 Å². The number of amides is 2. The number of piperidine rings is 1. The first-order valence-electron chi connectivity index (χ1n) is 9.49. The van der Waals surface area contributed by atoms with Crippen molar-refractivity contribution in [1.82, 2.24) is 20.5 Å². The van der Waals surface area contributed by atoms with Crippen LogP contribution in [-0.2, 0) is 24.4 Å². The van der Waals surface area contributed by atoms with Gasteiger partial charge in [0.05, 0.1) is 5.92 Å². The third-order valence-electron chi connectivity index (χ3n) is 5.37. The number of nitrogens with one attached hydrogen (secondary N) is 2. The summed E-state index contributed by atoms with van der Waals surface area (Å²) in [7, 11) is 0. The molecule has 2 aliphatic heterocycles. The molecule has 2 aliphatic rings. The lowest BCUT2D eigenvalue weighted by molar-refractivity contribution is -0.126. The van der Waals surface area contributed by atoms with Crippen LogP contribution in [0.3, 0.4) is 0 Å². The molecule has 3 heterocycles. The van der Waals surface area contributed by atoms with Crippen molar-refractivity contribution in [2.75, 3.05) is 13.1 Å². The van der Waals surface area contributed by atoms with Crippen LogP contribution in [0.15, 0.2) is 42.7 Å². The standard InChI is InChI=1S/C21H24N4O2.2ClH/c26-20(24-11-15-3-4-17-12-23-13-19(17)10-15)18-2-1-9-25(14-18)21(27)16-5-7-22-8-6-16;;/h3-8,10,18,23H,1-2,9,11-14H2,(H,24,26);2*1H. The smallest absolute Gasteiger partial charge is 0.253 e. The SMILES string of the molecule is Cl.Cl.O=C(NCc1ccc2c(c1)CNC2)C1CCCN(C(=O)c2ccncc2)C1. The fourth-order valence-corrected chi connectivity index (χ4v) is 3.84. The second-order valence-electron chi connectivity index (χ2n) is 7.25. The van der Waals surface area contributed by atoms with Crippen molar-refractivity contribution in [3.63, 3.8) is 0 Å². The zero-order valence-corrected chi connectivity index (χ0v) is 17.7. The van der Waals surface area contributed by atoms with Gasteiger partial charge in [0.1, 0.15) is 0 Å². The van der Waals surface area contributed by atoms with Crippen LogP contribution in [0.2, 0.25) is 0 Å². The minimum atomic E-state index is -0.152. The molecule has 6 nitrogen and oxygen atoms in total. The first kappa shape index (κ1) is 23.1. The summed E-state index contributed by atoms with van der Waals surface area (Å²) in [5.41, 5.74) is 4.39. The highest BCUT2D eigenvalue weighted by atomic mass is 35.5. The number of carbonyl (C=O) groups excluding carboxylic acids is 2. The fourth-order valence-electron chi connectivity index (χ4n) is 3.84. The van der Waals surface area contributed by atoms with Gasteiger partial charge in [0.25, 0.3) is 5.91 Å². The minimum absolute atomic E-state index is 0. The number of hydrogen-bond acceptors (Lipinski definition) is 4. The average Bonchev–Trinajstić information content (AvgIpc) is 3.20. The summed E-state index contributed by atoms with van der Waals surface area (Å²) in [6.07, 6.45) is 4.90. The molecule has 2 amide bonds. The maximum Gasteiger partial charge on any atom is 0.253 e. The molecule has 1 aromatic heterocycles. The van der Waals surface area contributed by atoms with Crippen molar-refractivity contribution in [2.45, 2.75) is 32.5 Å². The van der Waals surface area contributed by atoms with Crippen molar-refractivity contribution in [1.29, 1.82) is 0 Å². The van der Waals surface area contributed by atoms with Crippen LogP contribution in [0.25, 0.3) is 0 Å². The van der Waals surface area contributed by atoms with E-state index in [4.69, 9.17) is 0 Å². The zero-order chi connectivity index (χ0) is 18.6. The molecule has 156 valence electrons. The normalized spacial score (nSPS) is 17.5. The van der Waals surface area contributed by atoms with Gasteiger partial charge in [-0.15, -0.1) is 24.8 Å². The molecular formula is C21H26Cl2N4O2.